The fourth-order valence-corrected chi connectivity index (χ4v) is 3.57. The van der Waals surface area contributed by atoms with Crippen molar-refractivity contribution < 1.29 is 18.5 Å². The summed E-state index contributed by atoms with van der Waals surface area (Å²) in [6.45, 7) is 1.86. The molecule has 1 unspecified atom stereocenters. The van der Waals surface area contributed by atoms with E-state index in [1.54, 1.807) is 24.5 Å². The first-order valence-electron chi connectivity index (χ1n) is 7.74. The highest BCUT2D eigenvalue weighted by Gasteiger charge is 2.25. The number of hydrogen-bond donors (Lipinski definition) is 2. The number of halogens is 1. The summed E-state index contributed by atoms with van der Waals surface area (Å²) in [6, 6.07) is 11.8. The smallest absolute Gasteiger partial charge is 0.307 e. The highest BCUT2D eigenvalue weighted by Crippen LogP contribution is 2.43. The van der Waals surface area contributed by atoms with E-state index in [-0.39, 0.29) is 18.4 Å². The number of carbonyl (C=O) groups is 1. The Kier molecular flexibility index (Phi) is 5.90. The average molecular weight is 373 g/mol. The molecule has 1 aliphatic carbocycles. The standard InChI is InChI=1S/C20H17FO3S.H3N/c1-12-17(9-13-3-6-15(7-4-13)25(2)24)16-8-5-14(21)10-19(16)18(12)11-20(22)23;/h3-10H,11H2,1-2H3,(H,22,23);1H3/b17-9-;. The van der Waals surface area contributed by atoms with Gasteiger partial charge in [0, 0.05) is 22.0 Å². The molecule has 0 fully saturated rings. The van der Waals surface area contributed by atoms with Gasteiger partial charge >= 0.3 is 5.97 Å². The third kappa shape index (κ3) is 3.81. The lowest BCUT2D eigenvalue weighted by atomic mass is 10.0. The van der Waals surface area contributed by atoms with Crippen LogP contribution in [0.25, 0.3) is 17.2 Å². The number of rotatable bonds is 4. The van der Waals surface area contributed by atoms with E-state index in [1.165, 1.54) is 12.1 Å². The van der Waals surface area contributed by atoms with Crippen LogP contribution >= 0.6 is 0 Å². The van der Waals surface area contributed by atoms with Crippen LogP contribution in [-0.4, -0.2) is 21.5 Å². The molecule has 6 heteroatoms. The Labute approximate surface area is 154 Å². The molecule has 3 rings (SSSR count). The van der Waals surface area contributed by atoms with Gasteiger partial charge in [-0.3, -0.25) is 9.00 Å². The summed E-state index contributed by atoms with van der Waals surface area (Å²) in [4.78, 5) is 11.9. The summed E-state index contributed by atoms with van der Waals surface area (Å²) in [6.07, 6.45) is 3.43. The number of carboxylic acids is 1. The first-order chi connectivity index (χ1) is 11.9. The molecular weight excluding hydrogens is 353 g/mol. The fourth-order valence-electron chi connectivity index (χ4n) is 3.05. The second-order valence-electron chi connectivity index (χ2n) is 5.95. The van der Waals surface area contributed by atoms with Gasteiger partial charge in [0.25, 0.3) is 0 Å². The molecule has 26 heavy (non-hydrogen) atoms. The molecule has 0 aliphatic heterocycles. The summed E-state index contributed by atoms with van der Waals surface area (Å²) >= 11 is 0. The second kappa shape index (κ2) is 7.76. The molecule has 2 aromatic carbocycles. The van der Waals surface area contributed by atoms with E-state index in [1.807, 2.05) is 25.1 Å². The van der Waals surface area contributed by atoms with Crippen LogP contribution in [0.15, 0.2) is 52.9 Å². The summed E-state index contributed by atoms with van der Waals surface area (Å²) in [5.74, 6) is -1.33. The minimum Gasteiger partial charge on any atom is -0.481 e. The van der Waals surface area contributed by atoms with Gasteiger partial charge in [-0.2, -0.15) is 0 Å². The van der Waals surface area contributed by atoms with Crippen molar-refractivity contribution in [2.75, 3.05) is 6.26 Å². The highest BCUT2D eigenvalue weighted by molar-refractivity contribution is 7.84. The lowest BCUT2D eigenvalue weighted by Gasteiger charge is -2.05. The van der Waals surface area contributed by atoms with Crippen molar-refractivity contribution in [3.05, 3.63) is 70.5 Å². The van der Waals surface area contributed by atoms with Gasteiger partial charge in [0.1, 0.15) is 5.82 Å². The van der Waals surface area contributed by atoms with Crippen LogP contribution in [-0.2, 0) is 15.6 Å². The topological polar surface area (TPSA) is 89.4 Å². The molecule has 4 nitrogen and oxygen atoms in total. The van der Waals surface area contributed by atoms with E-state index in [0.717, 1.165) is 27.2 Å². The molecule has 0 aromatic heterocycles. The largest absolute Gasteiger partial charge is 0.481 e. The Morgan fingerprint density at radius 1 is 1.15 bits per heavy atom. The zero-order chi connectivity index (χ0) is 18.1. The zero-order valence-electron chi connectivity index (χ0n) is 14.6. The van der Waals surface area contributed by atoms with Gasteiger partial charge in [0.05, 0.1) is 6.42 Å². The number of allylic oxidation sites excluding steroid dienone is 2. The predicted molar refractivity (Wildman–Crippen MR) is 103 cm³/mol. The Morgan fingerprint density at radius 2 is 1.81 bits per heavy atom. The van der Waals surface area contributed by atoms with E-state index in [0.29, 0.717) is 11.1 Å². The van der Waals surface area contributed by atoms with Gasteiger partial charge < -0.3 is 11.3 Å². The molecular formula is C20H20FNO3S. The van der Waals surface area contributed by atoms with Crippen LogP contribution in [0.1, 0.15) is 30.0 Å². The van der Waals surface area contributed by atoms with Crippen LogP contribution in [0.3, 0.4) is 0 Å². The Balaban J connectivity index is 0.00000243. The van der Waals surface area contributed by atoms with E-state index < -0.39 is 16.8 Å². The SMILES string of the molecule is CC1=C(CC(=O)O)c2cc(F)ccc2/C1=C\c1ccc(S(C)=O)cc1.N. The molecule has 0 saturated carbocycles. The maximum absolute atomic E-state index is 13.7. The van der Waals surface area contributed by atoms with Crippen LogP contribution < -0.4 is 6.15 Å². The van der Waals surface area contributed by atoms with Crippen molar-refractivity contribution in [3.63, 3.8) is 0 Å². The summed E-state index contributed by atoms with van der Waals surface area (Å²) in [7, 11) is -1.04. The van der Waals surface area contributed by atoms with Crippen molar-refractivity contribution in [1.82, 2.24) is 6.15 Å². The van der Waals surface area contributed by atoms with E-state index >= 15 is 0 Å². The van der Waals surface area contributed by atoms with Gasteiger partial charge in [-0.05, 0) is 70.7 Å². The number of hydrogen-bond acceptors (Lipinski definition) is 3. The van der Waals surface area contributed by atoms with E-state index in [9.17, 15) is 13.4 Å². The van der Waals surface area contributed by atoms with E-state index in [2.05, 4.69) is 0 Å². The van der Waals surface area contributed by atoms with Crippen molar-refractivity contribution >= 4 is 34.0 Å². The molecule has 0 spiro atoms. The van der Waals surface area contributed by atoms with Gasteiger partial charge in [0.2, 0.25) is 0 Å². The Bertz CT molecular complexity index is 946. The van der Waals surface area contributed by atoms with Crippen molar-refractivity contribution in [3.8, 4) is 0 Å². The zero-order valence-corrected chi connectivity index (χ0v) is 15.4. The maximum atomic E-state index is 13.7. The molecule has 4 N–H and O–H groups in total. The number of fused-ring (bicyclic) bond motifs is 1. The quantitative estimate of drug-likeness (QED) is 0.824. The van der Waals surface area contributed by atoms with Crippen molar-refractivity contribution in [1.29, 1.82) is 0 Å². The molecule has 0 bridgehead atoms. The Morgan fingerprint density at radius 3 is 2.38 bits per heavy atom. The van der Waals surface area contributed by atoms with Crippen LogP contribution in [0.4, 0.5) is 4.39 Å². The van der Waals surface area contributed by atoms with E-state index in [4.69, 9.17) is 5.11 Å². The molecule has 0 saturated heterocycles. The van der Waals surface area contributed by atoms with Gasteiger partial charge in [-0.15, -0.1) is 0 Å². The fraction of sp³-hybridized carbons (Fsp3) is 0.150. The average Bonchev–Trinajstić information content (AvgIpc) is 2.80. The van der Waals surface area contributed by atoms with Gasteiger partial charge in [0.15, 0.2) is 0 Å². The minimum atomic E-state index is -1.04. The normalized spacial score (nSPS) is 15.6. The van der Waals surface area contributed by atoms with Crippen molar-refractivity contribution in [2.45, 2.75) is 18.2 Å². The molecule has 1 aliphatic rings. The number of benzene rings is 2. The molecule has 0 amide bonds. The summed E-state index contributed by atoms with van der Waals surface area (Å²) < 4.78 is 25.1. The van der Waals surface area contributed by atoms with Crippen molar-refractivity contribution in [2.24, 2.45) is 0 Å². The third-order valence-electron chi connectivity index (χ3n) is 4.30. The second-order valence-corrected chi connectivity index (χ2v) is 7.32. The minimum absolute atomic E-state index is 0. The first-order valence-corrected chi connectivity index (χ1v) is 9.30. The predicted octanol–water partition coefficient (Wildman–Crippen LogP) is 4.53. The summed E-state index contributed by atoms with van der Waals surface area (Å²) in [5, 5.41) is 9.17. The lowest BCUT2D eigenvalue weighted by molar-refractivity contribution is -0.135. The van der Waals surface area contributed by atoms with Crippen LogP contribution in [0.5, 0.6) is 0 Å². The summed E-state index contributed by atoms with van der Waals surface area (Å²) in [5.41, 5.74) is 4.74. The molecule has 0 radical (unpaired) electrons. The van der Waals surface area contributed by atoms with Gasteiger partial charge in [-0.25, -0.2) is 4.39 Å². The maximum Gasteiger partial charge on any atom is 0.307 e. The number of aliphatic carboxylic acids is 1. The highest BCUT2D eigenvalue weighted by atomic mass is 32.2. The van der Waals surface area contributed by atoms with Gasteiger partial charge in [-0.1, -0.05) is 18.2 Å². The number of carboxylic acid groups (broad SMARTS) is 1. The third-order valence-corrected chi connectivity index (χ3v) is 5.24. The Hall–Kier alpha value is -2.57. The van der Waals surface area contributed by atoms with Crippen LogP contribution in [0, 0.1) is 5.82 Å². The monoisotopic (exact) mass is 373 g/mol. The van der Waals surface area contributed by atoms with Crippen LogP contribution in [0.2, 0.25) is 0 Å². The lowest BCUT2D eigenvalue weighted by Crippen LogP contribution is -1.97. The molecule has 0 heterocycles. The molecule has 2 aromatic rings. The molecule has 136 valence electrons. The first kappa shape index (κ1) is 19.8. The molecule has 1 atom stereocenters.